The number of carboxylic acid groups (broad SMARTS) is 1. The molecule has 34 heavy (non-hydrogen) atoms. The van der Waals surface area contributed by atoms with E-state index in [4.69, 9.17) is 0 Å². The zero-order chi connectivity index (χ0) is 23.7. The van der Waals surface area contributed by atoms with Gasteiger partial charge in [-0.2, -0.15) is 0 Å². The Kier molecular flexibility index (Phi) is 6.69. The Hall–Kier alpha value is -2.35. The molecule has 5 rings (SSSR count). The van der Waals surface area contributed by atoms with Gasteiger partial charge in [0.25, 0.3) is 0 Å². The van der Waals surface area contributed by atoms with Gasteiger partial charge in [0, 0.05) is 24.1 Å². The molecule has 0 atom stereocenters. The highest BCUT2D eigenvalue weighted by atomic mass is 32.1. The number of hydrogen-bond acceptors (Lipinski definition) is 3. The third-order valence-electron chi connectivity index (χ3n) is 8.02. The second-order valence-corrected chi connectivity index (χ2v) is 11.9. The fourth-order valence-corrected chi connectivity index (χ4v) is 6.61. The van der Waals surface area contributed by atoms with E-state index >= 15 is 0 Å². The first-order chi connectivity index (χ1) is 16.4. The molecule has 3 nitrogen and oxygen atoms in total. The lowest BCUT2D eigenvalue weighted by Gasteiger charge is -2.35. The van der Waals surface area contributed by atoms with Gasteiger partial charge in [-0.25, -0.2) is 4.79 Å². The van der Waals surface area contributed by atoms with Crippen molar-refractivity contribution in [2.75, 3.05) is 20.1 Å². The third-order valence-corrected chi connectivity index (χ3v) is 9.06. The summed E-state index contributed by atoms with van der Waals surface area (Å²) in [5, 5.41) is 10.1. The average molecular weight is 474 g/mol. The zero-order valence-electron chi connectivity index (χ0n) is 20.4. The topological polar surface area (TPSA) is 40.5 Å². The maximum atomic E-state index is 12.3. The quantitative estimate of drug-likeness (QED) is 0.489. The van der Waals surface area contributed by atoms with Crippen molar-refractivity contribution >= 4 is 22.9 Å². The summed E-state index contributed by atoms with van der Waals surface area (Å²) in [6.07, 6.45) is 9.18. The first-order valence-corrected chi connectivity index (χ1v) is 13.6. The molecule has 0 unspecified atom stereocenters. The van der Waals surface area contributed by atoms with Crippen LogP contribution in [0.2, 0.25) is 0 Å². The monoisotopic (exact) mass is 473 g/mol. The second kappa shape index (κ2) is 9.72. The van der Waals surface area contributed by atoms with Crippen LogP contribution in [0.25, 0.3) is 5.57 Å². The molecule has 1 N–H and O–H groups in total. The minimum atomic E-state index is -0.818. The van der Waals surface area contributed by atoms with Crippen LogP contribution >= 0.6 is 11.3 Å². The molecule has 1 aromatic carbocycles. The van der Waals surface area contributed by atoms with Gasteiger partial charge >= 0.3 is 5.97 Å². The molecule has 0 radical (unpaired) electrons. The Bertz CT molecular complexity index is 1140. The molecule has 178 valence electrons. The molecule has 0 bridgehead atoms. The Balaban J connectivity index is 1.46. The number of rotatable bonds is 5. The molecule has 2 saturated carbocycles. The molecule has 2 fully saturated rings. The van der Waals surface area contributed by atoms with Gasteiger partial charge in [-0.1, -0.05) is 61.9 Å². The number of aromatic carboxylic acids is 1. The molecule has 0 saturated heterocycles. The van der Waals surface area contributed by atoms with Gasteiger partial charge in [0.15, 0.2) is 0 Å². The average Bonchev–Trinajstić information content (AvgIpc) is 3.45. The zero-order valence-corrected chi connectivity index (χ0v) is 21.2. The van der Waals surface area contributed by atoms with Gasteiger partial charge in [-0.3, -0.25) is 0 Å². The van der Waals surface area contributed by atoms with E-state index in [2.05, 4.69) is 67.1 Å². The molecule has 3 aliphatic rings. The van der Waals surface area contributed by atoms with E-state index in [9.17, 15) is 9.90 Å². The van der Waals surface area contributed by atoms with Crippen molar-refractivity contribution in [2.24, 2.45) is 17.3 Å². The van der Waals surface area contributed by atoms with E-state index in [1.54, 1.807) is 0 Å². The SMILES string of the molecule is CC1CCC(C2=C(c3cc(C#CC4(Cc5ccccc5)CC4)sc3C(=O)O)CCN(C)C2)CC1. The Labute approximate surface area is 207 Å². The van der Waals surface area contributed by atoms with E-state index in [1.807, 2.05) is 0 Å². The van der Waals surface area contributed by atoms with Crippen LogP contribution in [0, 0.1) is 29.1 Å². The van der Waals surface area contributed by atoms with Gasteiger partial charge in [-0.05, 0) is 80.2 Å². The molecule has 0 spiro atoms. The Morgan fingerprint density at radius 1 is 1.18 bits per heavy atom. The molecule has 2 aliphatic carbocycles. The largest absolute Gasteiger partial charge is 0.477 e. The number of carbonyl (C=O) groups is 1. The van der Waals surface area contributed by atoms with Crippen LogP contribution in [-0.4, -0.2) is 36.1 Å². The summed E-state index contributed by atoms with van der Waals surface area (Å²) >= 11 is 1.36. The summed E-state index contributed by atoms with van der Waals surface area (Å²) in [6.45, 7) is 4.30. The van der Waals surface area contributed by atoms with E-state index in [1.165, 1.54) is 53.7 Å². The maximum Gasteiger partial charge on any atom is 0.346 e. The van der Waals surface area contributed by atoms with Crippen molar-refractivity contribution in [1.82, 2.24) is 4.90 Å². The summed E-state index contributed by atoms with van der Waals surface area (Å²) < 4.78 is 0. The third kappa shape index (κ3) is 5.16. The maximum absolute atomic E-state index is 12.3. The summed E-state index contributed by atoms with van der Waals surface area (Å²) in [5.41, 5.74) is 5.12. The van der Waals surface area contributed by atoms with Crippen LogP contribution in [-0.2, 0) is 6.42 Å². The predicted molar refractivity (Wildman–Crippen MR) is 140 cm³/mol. The van der Waals surface area contributed by atoms with Crippen LogP contribution in [0.4, 0.5) is 0 Å². The smallest absolute Gasteiger partial charge is 0.346 e. The van der Waals surface area contributed by atoms with E-state index in [0.717, 1.165) is 55.1 Å². The first-order valence-electron chi connectivity index (χ1n) is 12.8. The minimum absolute atomic E-state index is 0.0612. The van der Waals surface area contributed by atoms with Crippen molar-refractivity contribution in [2.45, 2.75) is 58.3 Å². The molecule has 0 amide bonds. The molecule has 2 heterocycles. The van der Waals surface area contributed by atoms with Crippen molar-refractivity contribution in [3.8, 4) is 11.8 Å². The number of hydrogen-bond donors (Lipinski definition) is 1. The van der Waals surface area contributed by atoms with Crippen molar-refractivity contribution in [1.29, 1.82) is 0 Å². The predicted octanol–water partition coefficient (Wildman–Crippen LogP) is 6.74. The van der Waals surface area contributed by atoms with Crippen LogP contribution in [0.1, 0.15) is 77.5 Å². The lowest BCUT2D eigenvalue weighted by Crippen LogP contribution is -2.31. The molecule has 1 aliphatic heterocycles. The van der Waals surface area contributed by atoms with Crippen molar-refractivity contribution in [3.05, 3.63) is 62.9 Å². The Morgan fingerprint density at radius 3 is 2.59 bits per heavy atom. The van der Waals surface area contributed by atoms with Crippen molar-refractivity contribution in [3.63, 3.8) is 0 Å². The number of benzene rings is 1. The van der Waals surface area contributed by atoms with Crippen molar-refractivity contribution < 1.29 is 9.90 Å². The van der Waals surface area contributed by atoms with Gasteiger partial charge in [0.05, 0.1) is 4.88 Å². The normalized spacial score (nSPS) is 24.4. The van der Waals surface area contributed by atoms with Crippen LogP contribution in [0.15, 0.2) is 42.0 Å². The standard InChI is InChI=1S/C30H35NO2S/c1-21-8-10-23(11-9-21)27-20-31(2)17-13-25(27)26-18-24(34-28(26)29(32)33)12-14-30(15-16-30)19-22-6-4-3-5-7-22/h3-7,18,21,23H,8-11,13,15-17,19-20H2,1-2H3,(H,32,33). The Morgan fingerprint density at radius 2 is 1.91 bits per heavy atom. The van der Waals surface area contributed by atoms with E-state index in [0.29, 0.717) is 10.8 Å². The fraction of sp³-hybridized carbons (Fsp3) is 0.500. The molecular formula is C30H35NO2S. The number of thiophene rings is 1. The lowest BCUT2D eigenvalue weighted by molar-refractivity contribution is 0.0702. The van der Waals surface area contributed by atoms with E-state index < -0.39 is 5.97 Å². The highest BCUT2D eigenvalue weighted by Crippen LogP contribution is 2.48. The number of carboxylic acids is 1. The molecule has 1 aromatic heterocycles. The number of nitrogens with zero attached hydrogens (tertiary/aromatic N) is 1. The first kappa shape index (κ1) is 23.4. The summed E-state index contributed by atoms with van der Waals surface area (Å²) in [7, 11) is 2.19. The van der Waals surface area contributed by atoms with Gasteiger partial charge in [-0.15, -0.1) is 11.3 Å². The highest BCUT2D eigenvalue weighted by molar-refractivity contribution is 7.14. The summed E-state index contributed by atoms with van der Waals surface area (Å²) in [6, 6.07) is 12.7. The van der Waals surface area contributed by atoms with Crippen LogP contribution in [0.3, 0.4) is 0 Å². The van der Waals surface area contributed by atoms with Gasteiger partial charge in [0.2, 0.25) is 0 Å². The summed E-state index contributed by atoms with van der Waals surface area (Å²) in [5.74, 6) is 7.53. The highest BCUT2D eigenvalue weighted by Gasteiger charge is 2.41. The fourth-order valence-electron chi connectivity index (χ4n) is 5.73. The molecule has 2 aromatic rings. The van der Waals surface area contributed by atoms with Crippen LogP contribution in [0.5, 0.6) is 0 Å². The molecule has 4 heteroatoms. The van der Waals surface area contributed by atoms with Crippen LogP contribution < -0.4 is 0 Å². The second-order valence-electron chi connectivity index (χ2n) is 10.8. The van der Waals surface area contributed by atoms with Gasteiger partial charge < -0.3 is 10.0 Å². The van der Waals surface area contributed by atoms with E-state index in [-0.39, 0.29) is 5.41 Å². The molecular weight excluding hydrogens is 438 g/mol. The summed E-state index contributed by atoms with van der Waals surface area (Å²) in [4.78, 5) is 16.0. The number of likely N-dealkylation sites (N-methyl/N-ethyl adjacent to an activating group) is 1. The lowest BCUT2D eigenvalue weighted by atomic mass is 9.75. The minimum Gasteiger partial charge on any atom is -0.477 e. The van der Waals surface area contributed by atoms with Gasteiger partial charge in [0.1, 0.15) is 4.88 Å².